The first-order valence-electron chi connectivity index (χ1n) is 5.76. The van der Waals surface area contributed by atoms with Crippen LogP contribution in [-0.4, -0.2) is 0 Å². The Morgan fingerprint density at radius 3 is 2.16 bits per heavy atom. The summed E-state index contributed by atoms with van der Waals surface area (Å²) in [5.74, 6) is 0. The number of hydrogen-bond donors (Lipinski definition) is 0. The van der Waals surface area contributed by atoms with Crippen molar-refractivity contribution in [3.8, 4) is 0 Å². The summed E-state index contributed by atoms with van der Waals surface area (Å²) in [6, 6.07) is 9.55. The van der Waals surface area contributed by atoms with Crippen LogP contribution >= 0.6 is 50.7 Å². The van der Waals surface area contributed by atoms with Crippen molar-refractivity contribution in [2.24, 2.45) is 0 Å². The lowest BCUT2D eigenvalue weighted by Crippen LogP contribution is -1.99. The molecule has 0 heterocycles. The highest BCUT2D eigenvalue weighted by Crippen LogP contribution is 2.40. The quantitative estimate of drug-likeness (QED) is 0.510. The summed E-state index contributed by atoms with van der Waals surface area (Å²) in [4.78, 5) is 0. The van der Waals surface area contributed by atoms with Gasteiger partial charge >= 0.3 is 0 Å². The van der Waals surface area contributed by atoms with Gasteiger partial charge in [0.2, 0.25) is 0 Å². The minimum Gasteiger partial charge on any atom is -0.112 e. The molecule has 2 aromatic carbocycles. The molecule has 1 atom stereocenters. The molecular formula is C15H12BrCl3. The molecule has 0 aromatic heterocycles. The predicted molar refractivity (Wildman–Crippen MR) is 87.8 cm³/mol. The third kappa shape index (κ3) is 3.11. The molecule has 19 heavy (non-hydrogen) atoms. The molecule has 4 heteroatoms. The number of rotatable bonds is 2. The Morgan fingerprint density at radius 1 is 1.00 bits per heavy atom. The van der Waals surface area contributed by atoms with E-state index in [1.807, 2.05) is 19.9 Å². The van der Waals surface area contributed by atoms with E-state index >= 15 is 0 Å². The van der Waals surface area contributed by atoms with Gasteiger partial charge in [-0.15, -0.1) is 11.6 Å². The Hall–Kier alpha value is -0.210. The largest absolute Gasteiger partial charge is 0.112 e. The van der Waals surface area contributed by atoms with Crippen LogP contribution in [0.1, 0.15) is 27.6 Å². The monoisotopic (exact) mass is 376 g/mol. The van der Waals surface area contributed by atoms with Gasteiger partial charge in [0.25, 0.3) is 0 Å². The maximum atomic E-state index is 6.59. The van der Waals surface area contributed by atoms with E-state index < -0.39 is 0 Å². The molecule has 0 fully saturated rings. The minimum atomic E-state index is -0.354. The first kappa shape index (κ1) is 15.2. The highest BCUT2D eigenvalue weighted by Gasteiger charge is 2.19. The highest BCUT2D eigenvalue weighted by atomic mass is 79.9. The van der Waals surface area contributed by atoms with Gasteiger partial charge in [0, 0.05) is 20.1 Å². The fourth-order valence-corrected chi connectivity index (χ4v) is 3.64. The summed E-state index contributed by atoms with van der Waals surface area (Å²) in [7, 11) is 0. The Labute approximate surface area is 136 Å². The third-order valence-electron chi connectivity index (χ3n) is 3.07. The number of hydrogen-bond acceptors (Lipinski definition) is 0. The molecular weight excluding hydrogens is 366 g/mol. The van der Waals surface area contributed by atoms with E-state index in [1.165, 1.54) is 0 Å². The summed E-state index contributed by atoms with van der Waals surface area (Å²) in [5.41, 5.74) is 4.03. The van der Waals surface area contributed by atoms with Crippen molar-refractivity contribution in [1.82, 2.24) is 0 Å². The molecule has 0 nitrogen and oxygen atoms in total. The first-order chi connectivity index (χ1) is 8.91. The van der Waals surface area contributed by atoms with Crippen LogP contribution in [-0.2, 0) is 0 Å². The van der Waals surface area contributed by atoms with Gasteiger partial charge in [-0.3, -0.25) is 0 Å². The Balaban J connectivity index is 2.56. The Morgan fingerprint density at radius 2 is 1.58 bits per heavy atom. The van der Waals surface area contributed by atoms with Crippen molar-refractivity contribution >= 4 is 50.7 Å². The molecule has 2 aromatic rings. The van der Waals surface area contributed by atoms with E-state index in [9.17, 15) is 0 Å². The van der Waals surface area contributed by atoms with Crippen LogP contribution in [0.25, 0.3) is 0 Å². The highest BCUT2D eigenvalue weighted by molar-refractivity contribution is 9.10. The maximum Gasteiger partial charge on any atom is 0.0866 e. The summed E-state index contributed by atoms with van der Waals surface area (Å²) < 4.78 is 1.07. The second-order valence-corrected chi connectivity index (χ2v) is 6.56. The molecule has 0 radical (unpaired) electrons. The SMILES string of the molecule is Cc1cc(C(Cl)c2c(Cl)cccc2Cl)c(C)cc1Br. The van der Waals surface area contributed by atoms with E-state index in [0.29, 0.717) is 10.0 Å². The smallest absolute Gasteiger partial charge is 0.0866 e. The lowest BCUT2D eigenvalue weighted by Gasteiger charge is -2.17. The molecule has 100 valence electrons. The van der Waals surface area contributed by atoms with Crippen LogP contribution in [0.5, 0.6) is 0 Å². The van der Waals surface area contributed by atoms with Crippen molar-refractivity contribution in [3.05, 3.63) is 67.1 Å². The number of aryl methyl sites for hydroxylation is 2. The van der Waals surface area contributed by atoms with E-state index in [2.05, 4.69) is 28.1 Å². The second-order valence-electron chi connectivity index (χ2n) is 4.46. The van der Waals surface area contributed by atoms with Crippen LogP contribution in [0.15, 0.2) is 34.8 Å². The molecule has 1 unspecified atom stereocenters. The van der Waals surface area contributed by atoms with E-state index in [0.717, 1.165) is 26.7 Å². The first-order valence-corrected chi connectivity index (χ1v) is 7.75. The Kier molecular flexibility index (Phi) is 4.84. The molecule has 2 rings (SSSR count). The van der Waals surface area contributed by atoms with Crippen LogP contribution in [0.4, 0.5) is 0 Å². The number of benzene rings is 2. The van der Waals surface area contributed by atoms with Crippen molar-refractivity contribution in [1.29, 1.82) is 0 Å². The Bertz CT molecular complexity index is 603. The zero-order valence-corrected chi connectivity index (χ0v) is 14.3. The molecule has 0 bridgehead atoms. The molecule has 0 aliphatic rings. The normalized spacial score (nSPS) is 12.5. The maximum absolute atomic E-state index is 6.59. The molecule has 0 saturated carbocycles. The average molecular weight is 379 g/mol. The van der Waals surface area contributed by atoms with Crippen LogP contribution in [0.3, 0.4) is 0 Å². The number of halogens is 4. The van der Waals surface area contributed by atoms with Gasteiger partial charge in [-0.1, -0.05) is 51.3 Å². The van der Waals surface area contributed by atoms with Crippen molar-refractivity contribution in [2.45, 2.75) is 19.2 Å². The standard InChI is InChI=1S/C15H12BrCl3/c1-8-7-11(16)9(2)6-10(8)15(19)14-12(17)4-3-5-13(14)18/h3-7,15H,1-2H3. The summed E-state index contributed by atoms with van der Waals surface area (Å²) >= 11 is 22.5. The van der Waals surface area contributed by atoms with Gasteiger partial charge in [0.05, 0.1) is 5.38 Å². The van der Waals surface area contributed by atoms with Gasteiger partial charge in [0.15, 0.2) is 0 Å². The van der Waals surface area contributed by atoms with Crippen molar-refractivity contribution in [3.63, 3.8) is 0 Å². The lowest BCUT2D eigenvalue weighted by atomic mass is 9.98. The van der Waals surface area contributed by atoms with E-state index in [1.54, 1.807) is 12.1 Å². The van der Waals surface area contributed by atoms with Gasteiger partial charge in [-0.25, -0.2) is 0 Å². The lowest BCUT2D eigenvalue weighted by molar-refractivity contribution is 1.10. The molecule has 0 spiro atoms. The predicted octanol–water partition coefficient (Wildman–Crippen LogP) is 6.70. The second kappa shape index (κ2) is 6.05. The zero-order valence-electron chi connectivity index (χ0n) is 10.5. The van der Waals surface area contributed by atoms with Crippen LogP contribution in [0, 0.1) is 13.8 Å². The molecule has 0 aliphatic heterocycles. The number of alkyl halides is 1. The average Bonchev–Trinajstić information content (AvgIpc) is 2.33. The topological polar surface area (TPSA) is 0 Å². The fourth-order valence-electron chi connectivity index (χ4n) is 1.98. The van der Waals surface area contributed by atoms with Crippen LogP contribution < -0.4 is 0 Å². The summed E-state index contributed by atoms with van der Waals surface area (Å²) in [6.07, 6.45) is 0. The minimum absolute atomic E-state index is 0.354. The molecule has 0 aliphatic carbocycles. The van der Waals surface area contributed by atoms with E-state index in [4.69, 9.17) is 34.8 Å². The van der Waals surface area contributed by atoms with Crippen LogP contribution in [0.2, 0.25) is 10.0 Å². The zero-order chi connectivity index (χ0) is 14.2. The van der Waals surface area contributed by atoms with Crippen molar-refractivity contribution < 1.29 is 0 Å². The third-order valence-corrected chi connectivity index (χ3v) is 5.04. The fraction of sp³-hybridized carbons (Fsp3) is 0.200. The van der Waals surface area contributed by atoms with E-state index in [-0.39, 0.29) is 5.38 Å². The summed E-state index contributed by atoms with van der Waals surface area (Å²) in [5, 5.41) is 0.827. The van der Waals surface area contributed by atoms with Gasteiger partial charge < -0.3 is 0 Å². The molecule has 0 amide bonds. The molecule has 0 N–H and O–H groups in total. The van der Waals surface area contributed by atoms with Gasteiger partial charge in [0.1, 0.15) is 0 Å². The van der Waals surface area contributed by atoms with Gasteiger partial charge in [-0.05, 0) is 48.7 Å². The summed E-state index contributed by atoms with van der Waals surface area (Å²) in [6.45, 7) is 4.06. The van der Waals surface area contributed by atoms with Crippen molar-refractivity contribution in [2.75, 3.05) is 0 Å². The molecule has 0 saturated heterocycles. The van der Waals surface area contributed by atoms with Gasteiger partial charge in [-0.2, -0.15) is 0 Å².